The summed E-state index contributed by atoms with van der Waals surface area (Å²) in [5.74, 6) is -0.620. The molecule has 0 spiro atoms. The van der Waals surface area contributed by atoms with E-state index in [2.05, 4.69) is 10.6 Å². The Kier molecular flexibility index (Phi) is 5.79. The third kappa shape index (κ3) is 4.54. The summed E-state index contributed by atoms with van der Waals surface area (Å²) in [4.78, 5) is 23.6. The zero-order valence-electron chi connectivity index (χ0n) is 11.0. The first kappa shape index (κ1) is 15.5. The molecule has 1 aromatic carbocycles. The van der Waals surface area contributed by atoms with Crippen LogP contribution in [0.5, 0.6) is 0 Å². The number of amides is 2. The Morgan fingerprint density at radius 1 is 1.42 bits per heavy atom. The third-order valence-corrected chi connectivity index (χ3v) is 2.67. The van der Waals surface area contributed by atoms with Gasteiger partial charge in [-0.1, -0.05) is 18.5 Å². The summed E-state index contributed by atoms with van der Waals surface area (Å²) in [5.41, 5.74) is 6.21. The highest BCUT2D eigenvalue weighted by atomic mass is 35.5. The molecule has 104 valence electrons. The maximum Gasteiger partial charge on any atom is 0.253 e. The predicted octanol–water partition coefficient (Wildman–Crippen LogP) is 1.77. The average Bonchev–Trinajstić information content (AvgIpc) is 2.36. The molecular weight excluding hydrogens is 266 g/mol. The molecular formula is C13H18ClN3O2. The van der Waals surface area contributed by atoms with E-state index < -0.39 is 6.04 Å². The van der Waals surface area contributed by atoms with Crippen LogP contribution in [-0.4, -0.2) is 24.4 Å². The fourth-order valence-electron chi connectivity index (χ4n) is 1.40. The second-order valence-electron chi connectivity index (χ2n) is 4.22. The molecule has 0 unspecified atom stereocenters. The number of carbonyl (C=O) groups is 2. The summed E-state index contributed by atoms with van der Waals surface area (Å²) in [7, 11) is 0. The summed E-state index contributed by atoms with van der Waals surface area (Å²) in [6.07, 6.45) is 0.834. The van der Waals surface area contributed by atoms with Gasteiger partial charge >= 0.3 is 0 Å². The summed E-state index contributed by atoms with van der Waals surface area (Å²) < 4.78 is 0. The molecule has 0 heterocycles. The van der Waals surface area contributed by atoms with Crippen LogP contribution in [0.1, 0.15) is 30.6 Å². The lowest BCUT2D eigenvalue weighted by Crippen LogP contribution is -2.33. The SMILES string of the molecule is CCCNC(=O)c1ccc(Cl)cc1NC(=O)[C@H](C)N. The van der Waals surface area contributed by atoms with Crippen molar-refractivity contribution in [3.63, 3.8) is 0 Å². The Morgan fingerprint density at radius 3 is 2.68 bits per heavy atom. The number of nitrogens with two attached hydrogens (primary N) is 1. The molecule has 1 rings (SSSR count). The van der Waals surface area contributed by atoms with Gasteiger partial charge in [0.05, 0.1) is 17.3 Å². The summed E-state index contributed by atoms with van der Waals surface area (Å²) in [6.45, 7) is 4.10. The van der Waals surface area contributed by atoms with Gasteiger partial charge in [0.2, 0.25) is 5.91 Å². The minimum absolute atomic E-state index is 0.251. The van der Waals surface area contributed by atoms with E-state index >= 15 is 0 Å². The van der Waals surface area contributed by atoms with Crippen LogP contribution in [-0.2, 0) is 4.79 Å². The number of hydrogen-bond donors (Lipinski definition) is 3. The second kappa shape index (κ2) is 7.11. The van der Waals surface area contributed by atoms with Crippen LogP contribution in [0.2, 0.25) is 5.02 Å². The van der Waals surface area contributed by atoms with Crippen molar-refractivity contribution in [1.29, 1.82) is 0 Å². The van der Waals surface area contributed by atoms with E-state index in [0.29, 0.717) is 22.8 Å². The average molecular weight is 284 g/mol. The Morgan fingerprint density at radius 2 is 2.11 bits per heavy atom. The molecule has 6 heteroatoms. The molecule has 0 radical (unpaired) electrons. The predicted molar refractivity (Wildman–Crippen MR) is 76.4 cm³/mol. The Labute approximate surface area is 117 Å². The monoisotopic (exact) mass is 283 g/mol. The van der Waals surface area contributed by atoms with Crippen LogP contribution >= 0.6 is 11.6 Å². The van der Waals surface area contributed by atoms with E-state index in [9.17, 15) is 9.59 Å². The summed E-state index contributed by atoms with van der Waals surface area (Å²) >= 11 is 5.87. The van der Waals surface area contributed by atoms with Crippen molar-refractivity contribution in [2.24, 2.45) is 5.73 Å². The molecule has 1 atom stereocenters. The van der Waals surface area contributed by atoms with Gasteiger partial charge in [-0.2, -0.15) is 0 Å². The quantitative estimate of drug-likeness (QED) is 0.770. The van der Waals surface area contributed by atoms with Crippen LogP contribution in [0.4, 0.5) is 5.69 Å². The molecule has 2 amide bonds. The Bertz CT molecular complexity index is 475. The van der Waals surface area contributed by atoms with E-state index in [1.165, 1.54) is 6.07 Å². The molecule has 0 saturated heterocycles. The van der Waals surface area contributed by atoms with Gasteiger partial charge in [-0.05, 0) is 31.5 Å². The van der Waals surface area contributed by atoms with Crippen molar-refractivity contribution in [2.45, 2.75) is 26.3 Å². The van der Waals surface area contributed by atoms with Crippen molar-refractivity contribution < 1.29 is 9.59 Å². The van der Waals surface area contributed by atoms with Gasteiger partial charge in [-0.25, -0.2) is 0 Å². The van der Waals surface area contributed by atoms with Gasteiger partial charge < -0.3 is 16.4 Å². The number of carbonyl (C=O) groups excluding carboxylic acids is 2. The topological polar surface area (TPSA) is 84.2 Å². The molecule has 0 aliphatic carbocycles. The molecule has 0 aliphatic rings. The van der Waals surface area contributed by atoms with Crippen molar-refractivity contribution in [3.8, 4) is 0 Å². The smallest absolute Gasteiger partial charge is 0.253 e. The van der Waals surface area contributed by atoms with Crippen LogP contribution < -0.4 is 16.4 Å². The minimum atomic E-state index is -0.662. The van der Waals surface area contributed by atoms with Gasteiger partial charge in [-0.3, -0.25) is 9.59 Å². The van der Waals surface area contributed by atoms with Gasteiger partial charge in [-0.15, -0.1) is 0 Å². The first-order chi connectivity index (χ1) is 8.95. The van der Waals surface area contributed by atoms with E-state index in [1.54, 1.807) is 19.1 Å². The lowest BCUT2D eigenvalue weighted by molar-refractivity contribution is -0.117. The number of benzene rings is 1. The fraction of sp³-hybridized carbons (Fsp3) is 0.385. The maximum atomic E-state index is 12.0. The highest BCUT2D eigenvalue weighted by Crippen LogP contribution is 2.21. The Hall–Kier alpha value is -1.59. The molecule has 0 aromatic heterocycles. The lowest BCUT2D eigenvalue weighted by atomic mass is 10.1. The zero-order chi connectivity index (χ0) is 14.4. The molecule has 19 heavy (non-hydrogen) atoms. The highest BCUT2D eigenvalue weighted by Gasteiger charge is 2.15. The molecule has 0 bridgehead atoms. The normalized spacial score (nSPS) is 11.8. The summed E-state index contributed by atoms with van der Waals surface area (Å²) in [6, 6.07) is 4.04. The standard InChI is InChI=1S/C13H18ClN3O2/c1-3-6-16-13(19)10-5-4-9(14)7-11(10)17-12(18)8(2)15/h4-5,7-8H,3,6,15H2,1-2H3,(H,16,19)(H,17,18)/t8-/m0/s1. The fourth-order valence-corrected chi connectivity index (χ4v) is 1.57. The van der Waals surface area contributed by atoms with Crippen LogP contribution in [0.25, 0.3) is 0 Å². The zero-order valence-corrected chi connectivity index (χ0v) is 11.8. The second-order valence-corrected chi connectivity index (χ2v) is 4.66. The highest BCUT2D eigenvalue weighted by molar-refractivity contribution is 6.31. The summed E-state index contributed by atoms with van der Waals surface area (Å²) in [5, 5.41) is 5.78. The first-order valence-electron chi connectivity index (χ1n) is 6.10. The first-order valence-corrected chi connectivity index (χ1v) is 6.47. The third-order valence-electron chi connectivity index (χ3n) is 2.43. The largest absolute Gasteiger partial charge is 0.352 e. The number of nitrogens with one attached hydrogen (secondary N) is 2. The molecule has 0 saturated carbocycles. The van der Waals surface area contributed by atoms with E-state index in [4.69, 9.17) is 17.3 Å². The van der Waals surface area contributed by atoms with Crippen molar-refractivity contribution >= 4 is 29.1 Å². The number of hydrogen-bond acceptors (Lipinski definition) is 3. The molecule has 0 aliphatic heterocycles. The van der Waals surface area contributed by atoms with Crippen LogP contribution in [0.15, 0.2) is 18.2 Å². The molecule has 1 aromatic rings. The molecule has 5 nitrogen and oxygen atoms in total. The number of halogens is 1. The van der Waals surface area contributed by atoms with Gasteiger partial charge in [0.1, 0.15) is 0 Å². The van der Waals surface area contributed by atoms with Crippen molar-refractivity contribution in [2.75, 3.05) is 11.9 Å². The van der Waals surface area contributed by atoms with E-state index in [0.717, 1.165) is 6.42 Å². The lowest BCUT2D eigenvalue weighted by Gasteiger charge is -2.13. The number of rotatable bonds is 5. The van der Waals surface area contributed by atoms with Crippen LogP contribution in [0.3, 0.4) is 0 Å². The number of anilines is 1. The minimum Gasteiger partial charge on any atom is -0.352 e. The van der Waals surface area contributed by atoms with Crippen molar-refractivity contribution in [1.82, 2.24) is 5.32 Å². The van der Waals surface area contributed by atoms with Gasteiger partial charge in [0, 0.05) is 11.6 Å². The van der Waals surface area contributed by atoms with E-state index in [-0.39, 0.29) is 11.8 Å². The molecule has 0 fully saturated rings. The van der Waals surface area contributed by atoms with E-state index in [1.807, 2.05) is 6.92 Å². The van der Waals surface area contributed by atoms with Gasteiger partial charge in [0.15, 0.2) is 0 Å². The van der Waals surface area contributed by atoms with Gasteiger partial charge in [0.25, 0.3) is 5.91 Å². The molecule has 4 N–H and O–H groups in total. The maximum absolute atomic E-state index is 12.0. The van der Waals surface area contributed by atoms with Crippen LogP contribution in [0, 0.1) is 0 Å². The Balaban J connectivity index is 2.97. The van der Waals surface area contributed by atoms with Crippen molar-refractivity contribution in [3.05, 3.63) is 28.8 Å².